The van der Waals surface area contributed by atoms with Gasteiger partial charge in [0.05, 0.1) is 24.4 Å². The standard InChI is InChI=1S/C23H27N3O3/c1-4-29-22(27)11-7-5-6-10-21(18-12-14-20(15-13-18)26(2)3)23(28)25-19-9-8-16-24-17-19/h5-9,11-17,21H,4,10H2,1-3H3,(H,25,28)/t21-/m0/s1. The normalized spacial score (nSPS) is 12.1. The molecule has 1 N–H and O–H groups in total. The molecule has 152 valence electrons. The largest absolute Gasteiger partial charge is 0.463 e. The molecule has 1 atom stereocenters. The zero-order valence-corrected chi connectivity index (χ0v) is 17.0. The summed E-state index contributed by atoms with van der Waals surface area (Å²) >= 11 is 0. The van der Waals surface area contributed by atoms with Crippen LogP contribution in [0, 0.1) is 0 Å². The van der Waals surface area contributed by atoms with Gasteiger partial charge in [0.2, 0.25) is 5.91 Å². The Bertz CT molecular complexity index is 843. The first-order chi connectivity index (χ1) is 14.0. The van der Waals surface area contributed by atoms with Gasteiger partial charge in [0.25, 0.3) is 0 Å². The Morgan fingerprint density at radius 1 is 1.17 bits per heavy atom. The third kappa shape index (κ3) is 7.25. The highest BCUT2D eigenvalue weighted by molar-refractivity contribution is 5.95. The Hall–Kier alpha value is -3.41. The molecule has 6 heteroatoms. The van der Waals surface area contributed by atoms with E-state index in [0.29, 0.717) is 18.7 Å². The van der Waals surface area contributed by atoms with Gasteiger partial charge < -0.3 is 15.0 Å². The molecule has 0 aliphatic carbocycles. The number of carbonyl (C=O) groups is 2. The van der Waals surface area contributed by atoms with Crippen molar-refractivity contribution in [3.05, 3.63) is 78.7 Å². The van der Waals surface area contributed by atoms with Crippen LogP contribution in [0.4, 0.5) is 11.4 Å². The Balaban J connectivity index is 2.14. The lowest BCUT2D eigenvalue weighted by Crippen LogP contribution is -2.21. The van der Waals surface area contributed by atoms with E-state index in [0.717, 1.165) is 11.3 Å². The molecule has 6 nitrogen and oxygen atoms in total. The van der Waals surface area contributed by atoms with Crippen molar-refractivity contribution in [2.24, 2.45) is 0 Å². The summed E-state index contributed by atoms with van der Waals surface area (Å²) < 4.78 is 4.84. The molecule has 0 saturated carbocycles. The van der Waals surface area contributed by atoms with Crippen LogP contribution in [0.3, 0.4) is 0 Å². The van der Waals surface area contributed by atoms with E-state index in [-0.39, 0.29) is 17.8 Å². The molecule has 1 heterocycles. The Morgan fingerprint density at radius 2 is 1.93 bits per heavy atom. The number of carbonyl (C=O) groups excluding carboxylic acids is 2. The van der Waals surface area contributed by atoms with Crippen molar-refractivity contribution in [3.63, 3.8) is 0 Å². The average Bonchev–Trinajstić information content (AvgIpc) is 2.71. The second kappa shape index (κ2) is 11.4. The van der Waals surface area contributed by atoms with Gasteiger partial charge in [-0.05, 0) is 43.2 Å². The van der Waals surface area contributed by atoms with E-state index in [4.69, 9.17) is 4.74 Å². The summed E-state index contributed by atoms with van der Waals surface area (Å²) in [5.41, 5.74) is 2.63. The molecule has 0 aliphatic heterocycles. The van der Waals surface area contributed by atoms with Crippen LogP contribution in [0.25, 0.3) is 0 Å². The first-order valence-electron chi connectivity index (χ1n) is 9.49. The number of amides is 1. The van der Waals surface area contributed by atoms with E-state index in [2.05, 4.69) is 10.3 Å². The predicted octanol–water partition coefficient (Wildman–Crippen LogP) is 3.94. The summed E-state index contributed by atoms with van der Waals surface area (Å²) in [6.45, 7) is 2.10. The van der Waals surface area contributed by atoms with Crippen LogP contribution in [0.2, 0.25) is 0 Å². The number of ether oxygens (including phenoxy) is 1. The lowest BCUT2D eigenvalue weighted by Gasteiger charge is -2.18. The first-order valence-corrected chi connectivity index (χ1v) is 9.49. The van der Waals surface area contributed by atoms with Gasteiger partial charge in [-0.3, -0.25) is 9.78 Å². The van der Waals surface area contributed by atoms with Gasteiger partial charge in [0.1, 0.15) is 0 Å². The van der Waals surface area contributed by atoms with Crippen LogP contribution in [-0.2, 0) is 14.3 Å². The number of hydrogen-bond acceptors (Lipinski definition) is 5. The van der Waals surface area contributed by atoms with Crippen molar-refractivity contribution in [2.45, 2.75) is 19.3 Å². The minimum atomic E-state index is -0.387. The second-order valence-electron chi connectivity index (χ2n) is 6.54. The average molecular weight is 393 g/mol. The second-order valence-corrected chi connectivity index (χ2v) is 6.54. The number of nitrogens with one attached hydrogen (secondary N) is 1. The van der Waals surface area contributed by atoms with Gasteiger partial charge in [-0.2, -0.15) is 0 Å². The van der Waals surface area contributed by atoms with Crippen molar-refractivity contribution in [1.29, 1.82) is 0 Å². The van der Waals surface area contributed by atoms with Crippen LogP contribution < -0.4 is 10.2 Å². The summed E-state index contributed by atoms with van der Waals surface area (Å²) in [4.78, 5) is 30.3. The Kier molecular flexibility index (Phi) is 8.63. The fourth-order valence-corrected chi connectivity index (χ4v) is 2.68. The predicted molar refractivity (Wildman–Crippen MR) is 116 cm³/mol. The number of benzene rings is 1. The van der Waals surface area contributed by atoms with E-state index < -0.39 is 0 Å². The van der Waals surface area contributed by atoms with Crippen LogP contribution in [0.15, 0.2) is 73.1 Å². The number of nitrogens with zero attached hydrogens (tertiary/aromatic N) is 2. The topological polar surface area (TPSA) is 71.5 Å². The highest BCUT2D eigenvalue weighted by Crippen LogP contribution is 2.25. The molecule has 0 unspecified atom stereocenters. The first kappa shape index (κ1) is 21.9. The van der Waals surface area contributed by atoms with Gasteiger partial charge in [0.15, 0.2) is 0 Å². The molecule has 0 saturated heterocycles. The van der Waals surface area contributed by atoms with Gasteiger partial charge in [-0.25, -0.2) is 4.79 Å². The molecule has 2 aromatic rings. The lowest BCUT2D eigenvalue weighted by molar-refractivity contribution is -0.137. The van der Waals surface area contributed by atoms with E-state index >= 15 is 0 Å². The maximum atomic E-state index is 12.9. The van der Waals surface area contributed by atoms with E-state index in [1.54, 1.807) is 43.6 Å². The molecule has 0 fully saturated rings. The highest BCUT2D eigenvalue weighted by Gasteiger charge is 2.19. The smallest absolute Gasteiger partial charge is 0.330 e. The molecule has 1 aromatic heterocycles. The Labute approximate surface area is 171 Å². The summed E-state index contributed by atoms with van der Waals surface area (Å²) in [6.07, 6.45) is 10.3. The van der Waals surface area contributed by atoms with Crippen molar-refractivity contribution >= 4 is 23.3 Å². The summed E-state index contributed by atoms with van der Waals surface area (Å²) in [7, 11) is 3.94. The molecule has 1 aromatic carbocycles. The van der Waals surface area contributed by atoms with Crippen LogP contribution >= 0.6 is 0 Å². The molecule has 29 heavy (non-hydrogen) atoms. The number of anilines is 2. The number of aromatic nitrogens is 1. The van der Waals surface area contributed by atoms with Gasteiger partial charge in [-0.15, -0.1) is 0 Å². The zero-order chi connectivity index (χ0) is 21.1. The summed E-state index contributed by atoms with van der Waals surface area (Å²) in [5.74, 6) is -0.879. The molecule has 0 bridgehead atoms. The molecule has 1 amide bonds. The molecular weight excluding hydrogens is 366 g/mol. The molecule has 0 spiro atoms. The van der Waals surface area contributed by atoms with Gasteiger partial charge in [0, 0.05) is 32.1 Å². The lowest BCUT2D eigenvalue weighted by atomic mass is 9.94. The van der Waals surface area contributed by atoms with Gasteiger partial charge in [-0.1, -0.05) is 30.4 Å². The number of allylic oxidation sites excluding steroid dienone is 3. The molecular formula is C23H27N3O3. The van der Waals surface area contributed by atoms with E-state index in [1.165, 1.54) is 6.08 Å². The van der Waals surface area contributed by atoms with Gasteiger partial charge >= 0.3 is 5.97 Å². The SMILES string of the molecule is CCOC(=O)C=CC=CC[C@H](C(=O)Nc1cccnc1)c1ccc(N(C)C)cc1. The van der Waals surface area contributed by atoms with Crippen molar-refractivity contribution < 1.29 is 14.3 Å². The van der Waals surface area contributed by atoms with Crippen LogP contribution in [0.1, 0.15) is 24.8 Å². The maximum absolute atomic E-state index is 12.9. The fourth-order valence-electron chi connectivity index (χ4n) is 2.68. The molecule has 0 aliphatic rings. The van der Waals surface area contributed by atoms with Crippen LogP contribution in [-0.4, -0.2) is 37.6 Å². The zero-order valence-electron chi connectivity index (χ0n) is 17.0. The quantitative estimate of drug-likeness (QED) is 0.397. The monoisotopic (exact) mass is 393 g/mol. The van der Waals surface area contributed by atoms with Crippen LogP contribution in [0.5, 0.6) is 0 Å². The summed E-state index contributed by atoms with van der Waals surface area (Å²) in [6, 6.07) is 11.5. The van der Waals surface area contributed by atoms with Crippen molar-refractivity contribution in [2.75, 3.05) is 30.9 Å². The molecule has 2 rings (SSSR count). The van der Waals surface area contributed by atoms with E-state index in [9.17, 15) is 9.59 Å². The number of esters is 1. The van der Waals surface area contributed by atoms with Crippen molar-refractivity contribution in [3.8, 4) is 0 Å². The van der Waals surface area contributed by atoms with E-state index in [1.807, 2.05) is 49.3 Å². The molecule has 0 radical (unpaired) electrons. The van der Waals surface area contributed by atoms with Crippen molar-refractivity contribution in [1.82, 2.24) is 4.98 Å². The highest BCUT2D eigenvalue weighted by atomic mass is 16.5. The maximum Gasteiger partial charge on any atom is 0.330 e. The summed E-state index contributed by atoms with van der Waals surface area (Å²) in [5, 5.41) is 2.92. The number of hydrogen-bond donors (Lipinski definition) is 1. The third-order valence-electron chi connectivity index (χ3n) is 4.20. The Morgan fingerprint density at radius 3 is 2.55 bits per heavy atom. The number of rotatable bonds is 9. The fraction of sp³-hybridized carbons (Fsp3) is 0.261. The number of pyridine rings is 1. The third-order valence-corrected chi connectivity index (χ3v) is 4.20. The minimum Gasteiger partial charge on any atom is -0.463 e. The minimum absolute atomic E-state index is 0.116.